The van der Waals surface area contributed by atoms with E-state index in [4.69, 9.17) is 16.6 Å². The minimum absolute atomic E-state index is 0.154. The van der Waals surface area contributed by atoms with E-state index in [9.17, 15) is 4.79 Å². The topological polar surface area (TPSA) is 83.3 Å². The average Bonchev–Trinajstić information content (AvgIpc) is 3.56. The Hall–Kier alpha value is -3.07. The lowest BCUT2D eigenvalue weighted by molar-refractivity contribution is 0.0976. The highest BCUT2D eigenvalue weighted by Gasteiger charge is 2.35. The monoisotopic (exact) mass is 545 g/mol. The van der Waals surface area contributed by atoms with Crippen LogP contribution in [0.1, 0.15) is 19.3 Å². The first-order chi connectivity index (χ1) is 18.9. The first kappa shape index (κ1) is 24.9. The molecule has 4 aliphatic heterocycles. The van der Waals surface area contributed by atoms with Gasteiger partial charge >= 0.3 is 0 Å². The van der Waals surface area contributed by atoms with Crippen LogP contribution in [0.15, 0.2) is 41.2 Å². The molecule has 6 heterocycles. The SMILES string of the molecule is CN(C)CC1CCN(c2ccc3nc(-c4c(N[C@@H]5CN6CCC5CC6)c5cc(Cl)ccc5[nH]c4=O)[nH]c3c2)C1. The fourth-order valence-corrected chi connectivity index (χ4v) is 7.17. The molecule has 204 valence electrons. The van der Waals surface area contributed by atoms with Crippen molar-refractivity contribution in [1.29, 1.82) is 0 Å². The molecule has 4 aliphatic rings. The summed E-state index contributed by atoms with van der Waals surface area (Å²) in [6.07, 6.45) is 3.58. The fraction of sp³-hybridized carbons (Fsp3) is 0.467. The summed E-state index contributed by atoms with van der Waals surface area (Å²) in [6.45, 7) is 6.55. The van der Waals surface area contributed by atoms with Crippen molar-refractivity contribution in [3.8, 4) is 11.4 Å². The van der Waals surface area contributed by atoms with Crippen molar-refractivity contribution in [2.45, 2.75) is 25.3 Å². The number of imidazole rings is 1. The summed E-state index contributed by atoms with van der Waals surface area (Å²) in [7, 11) is 4.28. The second kappa shape index (κ2) is 9.84. The number of fused-ring (bicyclic) bond motifs is 5. The van der Waals surface area contributed by atoms with Crippen LogP contribution >= 0.6 is 11.6 Å². The molecule has 0 radical (unpaired) electrons. The van der Waals surface area contributed by atoms with E-state index < -0.39 is 0 Å². The molecule has 4 aromatic rings. The number of benzene rings is 2. The number of anilines is 2. The van der Waals surface area contributed by atoms with Gasteiger partial charge in [0.25, 0.3) is 5.56 Å². The molecule has 2 aromatic carbocycles. The quantitative estimate of drug-likeness (QED) is 0.328. The van der Waals surface area contributed by atoms with E-state index in [1.54, 1.807) is 0 Å². The summed E-state index contributed by atoms with van der Waals surface area (Å²) in [5.74, 6) is 1.86. The Balaban J connectivity index is 1.28. The van der Waals surface area contributed by atoms with Gasteiger partial charge in [0.2, 0.25) is 0 Å². The zero-order valence-corrected chi connectivity index (χ0v) is 23.4. The number of aromatic nitrogens is 3. The maximum Gasteiger partial charge on any atom is 0.261 e. The number of pyridine rings is 1. The van der Waals surface area contributed by atoms with E-state index in [1.807, 2.05) is 18.2 Å². The summed E-state index contributed by atoms with van der Waals surface area (Å²) in [5.41, 5.74) is 4.99. The predicted molar refractivity (Wildman–Crippen MR) is 160 cm³/mol. The zero-order chi connectivity index (χ0) is 26.7. The molecule has 39 heavy (non-hydrogen) atoms. The van der Waals surface area contributed by atoms with Gasteiger partial charge in [0, 0.05) is 48.3 Å². The molecule has 2 aromatic heterocycles. The first-order valence-electron chi connectivity index (χ1n) is 14.2. The van der Waals surface area contributed by atoms with Crippen LogP contribution in [0.2, 0.25) is 5.02 Å². The Morgan fingerprint density at radius 3 is 2.64 bits per heavy atom. The van der Waals surface area contributed by atoms with Crippen LogP contribution in [0, 0.1) is 11.8 Å². The summed E-state index contributed by atoms with van der Waals surface area (Å²) >= 11 is 6.46. The van der Waals surface area contributed by atoms with Gasteiger partial charge in [-0.25, -0.2) is 4.98 Å². The number of nitrogens with zero attached hydrogens (tertiary/aromatic N) is 4. The molecule has 0 spiro atoms. The third-order valence-electron chi connectivity index (χ3n) is 8.94. The fourth-order valence-electron chi connectivity index (χ4n) is 7.00. The summed E-state index contributed by atoms with van der Waals surface area (Å²) in [5, 5.41) is 5.38. The van der Waals surface area contributed by atoms with Gasteiger partial charge in [-0.2, -0.15) is 0 Å². The van der Waals surface area contributed by atoms with Crippen molar-refractivity contribution < 1.29 is 0 Å². The molecule has 0 saturated carbocycles. The molecule has 0 amide bonds. The van der Waals surface area contributed by atoms with Crippen LogP contribution in [0.25, 0.3) is 33.3 Å². The van der Waals surface area contributed by atoms with Crippen LogP contribution in [0.3, 0.4) is 0 Å². The van der Waals surface area contributed by atoms with E-state index in [2.05, 4.69) is 62.3 Å². The van der Waals surface area contributed by atoms with Gasteiger partial charge in [0.05, 0.1) is 22.2 Å². The molecular formula is C30H36ClN7O. The van der Waals surface area contributed by atoms with Gasteiger partial charge in [-0.3, -0.25) is 4.79 Å². The Bertz CT molecular complexity index is 1590. The third-order valence-corrected chi connectivity index (χ3v) is 9.17. The molecule has 4 fully saturated rings. The number of hydrogen-bond donors (Lipinski definition) is 3. The van der Waals surface area contributed by atoms with Crippen LogP contribution in [-0.4, -0.2) is 84.2 Å². The van der Waals surface area contributed by atoms with Gasteiger partial charge in [0.1, 0.15) is 11.4 Å². The number of hydrogen-bond acceptors (Lipinski definition) is 6. The van der Waals surface area contributed by atoms with Crippen LogP contribution < -0.4 is 15.8 Å². The van der Waals surface area contributed by atoms with Crippen LogP contribution in [-0.2, 0) is 0 Å². The highest BCUT2D eigenvalue weighted by molar-refractivity contribution is 6.31. The van der Waals surface area contributed by atoms with Gasteiger partial charge < -0.3 is 30.0 Å². The second-order valence-corrected chi connectivity index (χ2v) is 12.4. The number of aromatic amines is 2. The van der Waals surface area contributed by atoms with Gasteiger partial charge in [-0.1, -0.05) is 11.6 Å². The van der Waals surface area contributed by atoms with Gasteiger partial charge in [-0.15, -0.1) is 0 Å². The number of piperidine rings is 3. The number of nitrogens with one attached hydrogen (secondary N) is 3. The molecule has 3 N–H and O–H groups in total. The van der Waals surface area contributed by atoms with Gasteiger partial charge in [0.15, 0.2) is 0 Å². The minimum Gasteiger partial charge on any atom is -0.379 e. The van der Waals surface area contributed by atoms with E-state index in [0.717, 1.165) is 66.9 Å². The third kappa shape index (κ3) is 4.68. The van der Waals surface area contributed by atoms with Crippen molar-refractivity contribution in [3.63, 3.8) is 0 Å². The predicted octanol–water partition coefficient (Wildman–Crippen LogP) is 4.62. The van der Waals surface area contributed by atoms with Crippen LogP contribution in [0.4, 0.5) is 11.4 Å². The summed E-state index contributed by atoms with van der Waals surface area (Å²) in [4.78, 5) is 32.3. The van der Waals surface area contributed by atoms with Crippen molar-refractivity contribution in [1.82, 2.24) is 24.8 Å². The van der Waals surface area contributed by atoms with Crippen molar-refractivity contribution >= 4 is 44.9 Å². The van der Waals surface area contributed by atoms with Crippen molar-refractivity contribution in [2.75, 3.05) is 63.6 Å². The zero-order valence-electron chi connectivity index (χ0n) is 22.6. The molecule has 9 heteroatoms. The average molecular weight is 546 g/mol. The standard InChI is InChI=1S/C30H36ClN7O/c1-36(2)15-18-7-12-38(16-18)21-4-6-24-25(14-21)34-29(33-24)27-28(32-26-17-37-10-8-19(26)9-11-37)22-13-20(31)3-5-23(22)35-30(27)39/h3-6,13-14,18-19,26H,7-12,15-17H2,1-2H3,(H,33,34)(H2,32,35,39)/t18?,26-/m1/s1. The lowest BCUT2D eigenvalue weighted by atomic mass is 9.83. The lowest BCUT2D eigenvalue weighted by Crippen LogP contribution is -2.53. The normalized spacial score (nSPS) is 24.9. The summed E-state index contributed by atoms with van der Waals surface area (Å²) in [6, 6.07) is 12.3. The largest absolute Gasteiger partial charge is 0.379 e. The number of H-pyrrole nitrogens is 2. The van der Waals surface area contributed by atoms with Crippen molar-refractivity contribution in [2.24, 2.45) is 11.8 Å². The highest BCUT2D eigenvalue weighted by Crippen LogP contribution is 2.37. The molecule has 1 unspecified atom stereocenters. The number of halogens is 1. The Morgan fingerprint density at radius 2 is 1.87 bits per heavy atom. The Labute approximate surface area is 233 Å². The minimum atomic E-state index is -0.154. The lowest BCUT2D eigenvalue weighted by Gasteiger charge is -2.45. The molecular weight excluding hydrogens is 510 g/mol. The van der Waals surface area contributed by atoms with E-state index in [0.29, 0.717) is 28.2 Å². The smallest absolute Gasteiger partial charge is 0.261 e. The van der Waals surface area contributed by atoms with Crippen molar-refractivity contribution in [3.05, 3.63) is 51.8 Å². The first-order valence-corrected chi connectivity index (χ1v) is 14.5. The van der Waals surface area contributed by atoms with E-state index in [-0.39, 0.29) is 11.6 Å². The molecule has 2 bridgehead atoms. The summed E-state index contributed by atoms with van der Waals surface area (Å²) < 4.78 is 0. The molecule has 0 aliphatic carbocycles. The molecule has 8 rings (SSSR count). The van der Waals surface area contributed by atoms with Crippen LogP contribution in [0.5, 0.6) is 0 Å². The maximum absolute atomic E-state index is 13.6. The molecule has 8 nitrogen and oxygen atoms in total. The molecule has 4 saturated heterocycles. The van der Waals surface area contributed by atoms with Gasteiger partial charge in [-0.05, 0) is 94.7 Å². The second-order valence-electron chi connectivity index (χ2n) is 11.9. The maximum atomic E-state index is 13.6. The Morgan fingerprint density at radius 1 is 1.03 bits per heavy atom. The van der Waals surface area contributed by atoms with E-state index in [1.165, 1.54) is 24.9 Å². The van der Waals surface area contributed by atoms with E-state index >= 15 is 0 Å². The highest BCUT2D eigenvalue weighted by atomic mass is 35.5. The Kier molecular flexibility index (Phi) is 6.29. The number of rotatable bonds is 6. The molecule has 2 atom stereocenters.